The van der Waals surface area contributed by atoms with Crippen molar-refractivity contribution in [3.63, 3.8) is 0 Å². The van der Waals surface area contributed by atoms with E-state index >= 15 is 0 Å². The molecule has 0 heterocycles. The molecule has 2 amide bonds. The number of benzene rings is 2. The fourth-order valence-corrected chi connectivity index (χ4v) is 2.43. The molecule has 0 bridgehead atoms. The Morgan fingerprint density at radius 1 is 0.962 bits per heavy atom. The molecule has 0 aliphatic heterocycles. The molecule has 0 aliphatic carbocycles. The van der Waals surface area contributed by atoms with Crippen molar-refractivity contribution in [3.8, 4) is 0 Å². The molecular formula is C20H22N2O4. The molecule has 2 aromatic carbocycles. The van der Waals surface area contributed by atoms with Gasteiger partial charge in [-0.05, 0) is 31.5 Å². The summed E-state index contributed by atoms with van der Waals surface area (Å²) in [5, 5.41) is 14.2. The summed E-state index contributed by atoms with van der Waals surface area (Å²) in [5.74, 6) is -1.85. The molecule has 136 valence electrons. The maximum absolute atomic E-state index is 12.5. The second-order valence-corrected chi connectivity index (χ2v) is 6.13. The Kier molecular flexibility index (Phi) is 6.49. The largest absolute Gasteiger partial charge is 0.480 e. The molecule has 0 aliphatic rings. The second-order valence-electron chi connectivity index (χ2n) is 6.13. The van der Waals surface area contributed by atoms with Crippen LogP contribution in [0.1, 0.15) is 40.9 Å². The van der Waals surface area contributed by atoms with E-state index < -0.39 is 24.0 Å². The third-order valence-corrected chi connectivity index (χ3v) is 3.96. The molecule has 2 atom stereocenters. The molecule has 0 fully saturated rings. The average Bonchev–Trinajstić information content (AvgIpc) is 2.62. The Labute approximate surface area is 152 Å². The highest BCUT2D eigenvalue weighted by molar-refractivity contribution is 5.95. The minimum Gasteiger partial charge on any atom is -0.480 e. The van der Waals surface area contributed by atoms with Gasteiger partial charge in [0.25, 0.3) is 5.91 Å². The number of hydrogen-bond donors (Lipinski definition) is 3. The molecule has 2 unspecified atom stereocenters. The maximum Gasteiger partial charge on any atom is 0.325 e. The van der Waals surface area contributed by atoms with E-state index in [1.165, 1.54) is 6.92 Å². The number of amides is 2. The molecule has 0 radical (unpaired) electrons. The van der Waals surface area contributed by atoms with Crippen molar-refractivity contribution in [2.75, 3.05) is 0 Å². The smallest absolute Gasteiger partial charge is 0.325 e. The van der Waals surface area contributed by atoms with Crippen LogP contribution in [0.5, 0.6) is 0 Å². The number of rotatable bonds is 7. The number of carboxylic acid groups (broad SMARTS) is 1. The number of hydrogen-bond acceptors (Lipinski definition) is 3. The molecule has 2 rings (SSSR count). The van der Waals surface area contributed by atoms with Crippen molar-refractivity contribution in [2.24, 2.45) is 0 Å². The summed E-state index contributed by atoms with van der Waals surface area (Å²) in [5.41, 5.74) is 2.31. The van der Waals surface area contributed by atoms with E-state index in [1.54, 1.807) is 12.1 Å². The topological polar surface area (TPSA) is 95.5 Å². The molecule has 6 heteroatoms. The summed E-state index contributed by atoms with van der Waals surface area (Å²) < 4.78 is 0. The van der Waals surface area contributed by atoms with Gasteiger partial charge in [0.1, 0.15) is 6.04 Å². The number of carbonyl (C=O) groups is 3. The maximum atomic E-state index is 12.5. The summed E-state index contributed by atoms with van der Waals surface area (Å²) in [6.45, 7) is 3.32. The van der Waals surface area contributed by atoms with Crippen LogP contribution >= 0.6 is 0 Å². The average molecular weight is 354 g/mol. The zero-order chi connectivity index (χ0) is 19.1. The van der Waals surface area contributed by atoms with Gasteiger partial charge in [0.2, 0.25) is 5.91 Å². The summed E-state index contributed by atoms with van der Waals surface area (Å²) >= 11 is 0. The zero-order valence-corrected chi connectivity index (χ0v) is 14.7. The predicted molar refractivity (Wildman–Crippen MR) is 97.7 cm³/mol. The van der Waals surface area contributed by atoms with Gasteiger partial charge >= 0.3 is 5.97 Å². The Morgan fingerprint density at radius 2 is 1.58 bits per heavy atom. The van der Waals surface area contributed by atoms with Gasteiger partial charge in [-0.1, -0.05) is 48.0 Å². The van der Waals surface area contributed by atoms with Crippen LogP contribution in [0.25, 0.3) is 0 Å². The van der Waals surface area contributed by atoms with Gasteiger partial charge in [-0.3, -0.25) is 14.4 Å². The van der Waals surface area contributed by atoms with Crippen LogP contribution < -0.4 is 10.6 Å². The molecule has 0 aromatic heterocycles. The summed E-state index contributed by atoms with van der Waals surface area (Å²) in [6.07, 6.45) is -0.0563. The van der Waals surface area contributed by atoms with E-state index in [4.69, 9.17) is 5.11 Å². The van der Waals surface area contributed by atoms with Gasteiger partial charge in [0, 0.05) is 5.56 Å². The van der Waals surface area contributed by atoms with Crippen LogP contribution in [-0.2, 0) is 9.59 Å². The first-order chi connectivity index (χ1) is 12.4. The normalized spacial score (nSPS) is 12.7. The molecule has 26 heavy (non-hydrogen) atoms. The molecule has 6 nitrogen and oxygen atoms in total. The minimum atomic E-state index is -1.11. The van der Waals surface area contributed by atoms with Crippen molar-refractivity contribution < 1.29 is 19.5 Å². The lowest BCUT2D eigenvalue weighted by Crippen LogP contribution is -2.40. The van der Waals surface area contributed by atoms with E-state index in [0.29, 0.717) is 5.56 Å². The Balaban J connectivity index is 2.14. The molecule has 0 saturated carbocycles. The Morgan fingerprint density at radius 3 is 2.15 bits per heavy atom. The summed E-state index contributed by atoms with van der Waals surface area (Å²) in [7, 11) is 0. The predicted octanol–water partition coefficient (Wildman–Crippen LogP) is 2.45. The number of carbonyl (C=O) groups excluding carboxylic acids is 2. The van der Waals surface area contributed by atoms with Gasteiger partial charge in [-0.2, -0.15) is 0 Å². The minimum absolute atomic E-state index is 0.0563. The number of carboxylic acids is 1. The number of aryl methyl sites for hydroxylation is 1. The molecule has 0 spiro atoms. The lowest BCUT2D eigenvalue weighted by Gasteiger charge is -2.20. The highest BCUT2D eigenvalue weighted by atomic mass is 16.4. The van der Waals surface area contributed by atoms with Crippen LogP contribution in [0.15, 0.2) is 54.6 Å². The van der Waals surface area contributed by atoms with E-state index in [-0.39, 0.29) is 12.3 Å². The number of aliphatic carboxylic acids is 1. The van der Waals surface area contributed by atoms with Crippen molar-refractivity contribution in [1.82, 2.24) is 10.6 Å². The van der Waals surface area contributed by atoms with Gasteiger partial charge in [-0.15, -0.1) is 0 Å². The lowest BCUT2D eigenvalue weighted by molar-refractivity contribution is -0.141. The summed E-state index contributed by atoms with van der Waals surface area (Å²) in [6, 6.07) is 14.7. The fraction of sp³-hybridized carbons (Fsp3) is 0.250. The van der Waals surface area contributed by atoms with E-state index in [2.05, 4.69) is 10.6 Å². The zero-order valence-electron chi connectivity index (χ0n) is 14.7. The van der Waals surface area contributed by atoms with Crippen LogP contribution in [0.4, 0.5) is 0 Å². The Hall–Kier alpha value is -3.15. The number of nitrogens with one attached hydrogen (secondary N) is 2. The van der Waals surface area contributed by atoms with Crippen LogP contribution in [0, 0.1) is 6.92 Å². The van der Waals surface area contributed by atoms with Crippen molar-refractivity contribution >= 4 is 17.8 Å². The van der Waals surface area contributed by atoms with Gasteiger partial charge in [-0.25, -0.2) is 0 Å². The van der Waals surface area contributed by atoms with Crippen LogP contribution in [-0.4, -0.2) is 28.9 Å². The van der Waals surface area contributed by atoms with E-state index in [9.17, 15) is 14.4 Å². The highest BCUT2D eigenvalue weighted by Gasteiger charge is 2.21. The SMILES string of the molecule is Cc1ccc(C(=O)NC(CC(=O)NC(C)C(=O)O)c2ccccc2)cc1. The highest BCUT2D eigenvalue weighted by Crippen LogP contribution is 2.18. The van der Waals surface area contributed by atoms with Crippen molar-refractivity contribution in [3.05, 3.63) is 71.3 Å². The third kappa shape index (κ3) is 5.44. The van der Waals surface area contributed by atoms with Crippen molar-refractivity contribution in [2.45, 2.75) is 32.4 Å². The molecular weight excluding hydrogens is 332 g/mol. The lowest BCUT2D eigenvalue weighted by atomic mass is 10.0. The molecule has 3 N–H and O–H groups in total. The third-order valence-electron chi connectivity index (χ3n) is 3.96. The first kappa shape index (κ1) is 19.2. The van der Waals surface area contributed by atoms with Crippen LogP contribution in [0.3, 0.4) is 0 Å². The van der Waals surface area contributed by atoms with E-state index in [0.717, 1.165) is 11.1 Å². The summed E-state index contributed by atoms with van der Waals surface area (Å²) in [4.78, 5) is 35.6. The first-order valence-corrected chi connectivity index (χ1v) is 8.31. The van der Waals surface area contributed by atoms with Crippen molar-refractivity contribution in [1.29, 1.82) is 0 Å². The monoisotopic (exact) mass is 354 g/mol. The van der Waals surface area contributed by atoms with E-state index in [1.807, 2.05) is 49.4 Å². The standard InChI is InChI=1S/C20H22N2O4/c1-13-8-10-16(11-9-13)19(24)22-17(15-6-4-3-5-7-15)12-18(23)21-14(2)20(25)26/h3-11,14,17H,12H2,1-2H3,(H,21,23)(H,22,24)(H,25,26). The molecule has 0 saturated heterocycles. The van der Waals surface area contributed by atoms with Gasteiger partial charge in [0.15, 0.2) is 0 Å². The fourth-order valence-electron chi connectivity index (χ4n) is 2.43. The van der Waals surface area contributed by atoms with Crippen LogP contribution in [0.2, 0.25) is 0 Å². The quantitative estimate of drug-likeness (QED) is 0.712. The van der Waals surface area contributed by atoms with Gasteiger partial charge < -0.3 is 15.7 Å². The Bertz CT molecular complexity index is 772. The second kappa shape index (κ2) is 8.80. The van der Waals surface area contributed by atoms with Gasteiger partial charge in [0.05, 0.1) is 12.5 Å². The molecule has 2 aromatic rings. The first-order valence-electron chi connectivity index (χ1n) is 8.31.